The van der Waals surface area contributed by atoms with E-state index in [4.69, 9.17) is 4.74 Å². The molecule has 0 spiro atoms. The maximum Gasteiger partial charge on any atom is 0.335 e. The van der Waals surface area contributed by atoms with Gasteiger partial charge in [0.2, 0.25) is 0 Å². The van der Waals surface area contributed by atoms with Gasteiger partial charge in [-0.3, -0.25) is 14.9 Å². The smallest absolute Gasteiger partial charge is 0.335 e. The second kappa shape index (κ2) is 8.12. The lowest BCUT2D eigenvalue weighted by Gasteiger charge is -2.29. The monoisotopic (exact) mass is 405 g/mol. The van der Waals surface area contributed by atoms with Crippen molar-refractivity contribution in [2.24, 2.45) is 0 Å². The zero-order valence-corrected chi connectivity index (χ0v) is 17.0. The summed E-state index contributed by atoms with van der Waals surface area (Å²) in [5.41, 5.74) is 3.92. The SMILES string of the molecule is Cc1cc(N2CCOCC2)ccc1/C=C1\C(=O)NC(=O)N(c2ccccc2C)C1=O. The minimum absolute atomic E-state index is 0.0694. The Kier molecular flexibility index (Phi) is 5.37. The first-order valence-corrected chi connectivity index (χ1v) is 9.86. The highest BCUT2D eigenvalue weighted by Crippen LogP contribution is 2.26. The minimum Gasteiger partial charge on any atom is -0.378 e. The zero-order chi connectivity index (χ0) is 21.3. The van der Waals surface area contributed by atoms with Crippen LogP contribution in [0.15, 0.2) is 48.0 Å². The molecule has 0 unspecified atom stereocenters. The molecule has 0 saturated carbocycles. The van der Waals surface area contributed by atoms with Crippen LogP contribution in [-0.2, 0) is 14.3 Å². The van der Waals surface area contributed by atoms with Crippen LogP contribution in [-0.4, -0.2) is 44.1 Å². The summed E-state index contributed by atoms with van der Waals surface area (Å²) in [6.07, 6.45) is 1.55. The van der Waals surface area contributed by atoms with Crippen LogP contribution in [0.25, 0.3) is 6.08 Å². The van der Waals surface area contributed by atoms with Gasteiger partial charge in [0.1, 0.15) is 5.57 Å². The molecule has 7 heteroatoms. The fourth-order valence-electron chi connectivity index (χ4n) is 3.69. The van der Waals surface area contributed by atoms with Crippen LogP contribution < -0.4 is 15.1 Å². The number of urea groups is 1. The molecule has 2 fully saturated rings. The van der Waals surface area contributed by atoms with Crippen molar-refractivity contribution in [1.82, 2.24) is 5.32 Å². The van der Waals surface area contributed by atoms with Crippen LogP contribution in [0.5, 0.6) is 0 Å². The van der Waals surface area contributed by atoms with Crippen LogP contribution in [0.4, 0.5) is 16.2 Å². The number of carbonyl (C=O) groups is 3. The molecule has 7 nitrogen and oxygen atoms in total. The van der Waals surface area contributed by atoms with Crippen LogP contribution >= 0.6 is 0 Å². The molecule has 1 N–H and O–H groups in total. The molecule has 0 aromatic heterocycles. The Morgan fingerprint density at radius 2 is 1.70 bits per heavy atom. The molecular weight excluding hydrogens is 382 g/mol. The number of hydrogen-bond donors (Lipinski definition) is 1. The average molecular weight is 405 g/mol. The molecule has 2 aromatic carbocycles. The van der Waals surface area contributed by atoms with Gasteiger partial charge < -0.3 is 9.64 Å². The number of carbonyl (C=O) groups excluding carboxylic acids is 3. The van der Waals surface area contributed by atoms with E-state index in [2.05, 4.69) is 10.2 Å². The Bertz CT molecular complexity index is 1050. The Balaban J connectivity index is 1.66. The second-order valence-corrected chi connectivity index (χ2v) is 7.38. The third kappa shape index (κ3) is 3.71. The van der Waals surface area contributed by atoms with E-state index in [-0.39, 0.29) is 5.57 Å². The summed E-state index contributed by atoms with van der Waals surface area (Å²) in [4.78, 5) is 41.2. The van der Waals surface area contributed by atoms with E-state index >= 15 is 0 Å². The van der Waals surface area contributed by atoms with Crippen molar-refractivity contribution < 1.29 is 19.1 Å². The topological polar surface area (TPSA) is 79.0 Å². The summed E-state index contributed by atoms with van der Waals surface area (Å²) >= 11 is 0. The molecule has 0 radical (unpaired) electrons. The summed E-state index contributed by atoms with van der Waals surface area (Å²) < 4.78 is 5.40. The van der Waals surface area contributed by atoms with Crippen LogP contribution in [0.3, 0.4) is 0 Å². The first kappa shape index (κ1) is 19.8. The molecule has 4 amide bonds. The van der Waals surface area contributed by atoms with Crippen molar-refractivity contribution in [1.29, 1.82) is 0 Å². The summed E-state index contributed by atoms with van der Waals surface area (Å²) in [5, 5.41) is 2.28. The predicted octanol–water partition coefficient (Wildman–Crippen LogP) is 2.81. The van der Waals surface area contributed by atoms with E-state index in [1.165, 1.54) is 0 Å². The number of aryl methyl sites for hydroxylation is 2. The second-order valence-electron chi connectivity index (χ2n) is 7.38. The molecule has 30 heavy (non-hydrogen) atoms. The van der Waals surface area contributed by atoms with Crippen molar-refractivity contribution in [3.8, 4) is 0 Å². The summed E-state index contributed by atoms with van der Waals surface area (Å²) in [6, 6.07) is 12.2. The molecule has 2 aliphatic heterocycles. The van der Waals surface area contributed by atoms with Crippen molar-refractivity contribution in [3.05, 3.63) is 64.7 Å². The lowest BCUT2D eigenvalue weighted by molar-refractivity contribution is -0.122. The van der Waals surface area contributed by atoms with Gasteiger partial charge in [0.05, 0.1) is 18.9 Å². The number of benzene rings is 2. The highest BCUT2D eigenvalue weighted by atomic mass is 16.5. The van der Waals surface area contributed by atoms with E-state index in [9.17, 15) is 14.4 Å². The lowest BCUT2D eigenvalue weighted by Crippen LogP contribution is -2.54. The molecule has 0 aliphatic carbocycles. The normalized spacial score (nSPS) is 18.7. The number of hydrogen-bond acceptors (Lipinski definition) is 5. The molecule has 4 rings (SSSR count). The van der Waals surface area contributed by atoms with Gasteiger partial charge in [-0.2, -0.15) is 0 Å². The van der Waals surface area contributed by atoms with Crippen molar-refractivity contribution >= 4 is 35.3 Å². The van der Waals surface area contributed by atoms with Gasteiger partial charge in [0.25, 0.3) is 11.8 Å². The third-order valence-electron chi connectivity index (χ3n) is 5.39. The highest BCUT2D eigenvalue weighted by Gasteiger charge is 2.37. The first-order chi connectivity index (χ1) is 14.5. The Hall–Kier alpha value is -3.45. The number of para-hydroxylation sites is 1. The number of nitrogens with zero attached hydrogens (tertiary/aromatic N) is 2. The molecule has 2 aliphatic rings. The van der Waals surface area contributed by atoms with Crippen molar-refractivity contribution in [3.63, 3.8) is 0 Å². The van der Waals surface area contributed by atoms with E-state index in [1.54, 1.807) is 18.2 Å². The number of rotatable bonds is 3. The molecule has 2 aromatic rings. The minimum atomic E-state index is -0.740. The number of barbiturate groups is 1. The van der Waals surface area contributed by atoms with Crippen LogP contribution in [0.1, 0.15) is 16.7 Å². The molecular formula is C23H23N3O4. The standard InChI is InChI=1S/C23H23N3O4/c1-15-5-3-4-6-20(15)26-22(28)19(21(27)24-23(26)29)14-17-7-8-18(13-16(17)2)25-9-11-30-12-10-25/h3-8,13-14H,9-12H2,1-2H3,(H,24,27,29)/b19-14+. The Morgan fingerprint density at radius 1 is 0.967 bits per heavy atom. The molecule has 0 atom stereocenters. The van der Waals surface area contributed by atoms with Gasteiger partial charge in [-0.05, 0) is 54.8 Å². The van der Waals surface area contributed by atoms with E-state index in [0.717, 1.165) is 40.4 Å². The number of ether oxygens (including phenoxy) is 1. The largest absolute Gasteiger partial charge is 0.378 e. The number of amides is 4. The first-order valence-electron chi connectivity index (χ1n) is 9.86. The van der Waals surface area contributed by atoms with E-state index in [1.807, 2.05) is 44.2 Å². The highest BCUT2D eigenvalue weighted by molar-refractivity contribution is 6.39. The number of morpholine rings is 1. The van der Waals surface area contributed by atoms with Gasteiger partial charge in [-0.15, -0.1) is 0 Å². The Morgan fingerprint density at radius 3 is 2.40 bits per heavy atom. The maximum absolute atomic E-state index is 13.1. The number of nitrogens with one attached hydrogen (secondary N) is 1. The lowest BCUT2D eigenvalue weighted by atomic mass is 10.0. The third-order valence-corrected chi connectivity index (χ3v) is 5.39. The zero-order valence-electron chi connectivity index (χ0n) is 17.0. The van der Waals surface area contributed by atoms with Gasteiger partial charge in [-0.25, -0.2) is 9.69 Å². The average Bonchev–Trinajstić information content (AvgIpc) is 2.74. The molecule has 2 saturated heterocycles. The summed E-state index contributed by atoms with van der Waals surface area (Å²) in [5.74, 6) is -1.32. The van der Waals surface area contributed by atoms with E-state index < -0.39 is 17.8 Å². The quantitative estimate of drug-likeness (QED) is 0.628. The van der Waals surface area contributed by atoms with Gasteiger partial charge in [-0.1, -0.05) is 24.3 Å². The van der Waals surface area contributed by atoms with Gasteiger partial charge >= 0.3 is 6.03 Å². The summed E-state index contributed by atoms with van der Waals surface area (Å²) in [7, 11) is 0. The number of imide groups is 2. The van der Waals surface area contributed by atoms with Crippen molar-refractivity contribution in [2.75, 3.05) is 36.1 Å². The van der Waals surface area contributed by atoms with Gasteiger partial charge in [0.15, 0.2) is 0 Å². The molecule has 0 bridgehead atoms. The van der Waals surface area contributed by atoms with Gasteiger partial charge in [0, 0.05) is 18.8 Å². The molecule has 154 valence electrons. The predicted molar refractivity (Wildman–Crippen MR) is 114 cm³/mol. The van der Waals surface area contributed by atoms with E-state index in [0.29, 0.717) is 18.9 Å². The number of anilines is 2. The van der Waals surface area contributed by atoms with Crippen LogP contribution in [0.2, 0.25) is 0 Å². The fourth-order valence-corrected chi connectivity index (χ4v) is 3.69. The van der Waals surface area contributed by atoms with Crippen molar-refractivity contribution in [2.45, 2.75) is 13.8 Å². The summed E-state index contributed by atoms with van der Waals surface area (Å²) in [6.45, 7) is 6.79. The molecule has 2 heterocycles. The fraction of sp³-hybridized carbons (Fsp3) is 0.261. The van der Waals surface area contributed by atoms with Crippen LogP contribution in [0, 0.1) is 13.8 Å². The maximum atomic E-state index is 13.1. The Labute approximate surface area is 174 Å².